The number of rotatable bonds is 45. The molecule has 9 heteroatoms. The summed E-state index contributed by atoms with van der Waals surface area (Å²) in [5.41, 5.74) is 0. The van der Waals surface area contributed by atoms with E-state index in [4.69, 9.17) is 9.05 Å². The second kappa shape index (κ2) is 40.6. The number of quaternary nitrogens is 1. The number of aliphatic hydroxyl groups is 1. The molecule has 0 bridgehead atoms. The third-order valence-corrected chi connectivity index (χ3v) is 12.2. The van der Waals surface area contributed by atoms with Gasteiger partial charge in [-0.2, -0.15) is 0 Å². The molecule has 0 spiro atoms. The van der Waals surface area contributed by atoms with Gasteiger partial charge in [0.25, 0.3) is 7.82 Å². The molecule has 0 aliphatic rings. The summed E-state index contributed by atoms with van der Waals surface area (Å²) in [6, 6.07) is -0.877. The van der Waals surface area contributed by atoms with Gasteiger partial charge in [-0.3, -0.25) is 9.36 Å². The molecule has 0 saturated heterocycles. The summed E-state index contributed by atoms with van der Waals surface area (Å²) >= 11 is 0. The van der Waals surface area contributed by atoms with Crippen LogP contribution in [0.5, 0.6) is 0 Å². The molecule has 0 aromatic heterocycles. The smallest absolute Gasteiger partial charge is 0.268 e. The van der Waals surface area contributed by atoms with Crippen LogP contribution in [-0.4, -0.2) is 68.5 Å². The average molecular weight is 829 g/mol. The maximum Gasteiger partial charge on any atom is 0.268 e. The Morgan fingerprint density at radius 3 is 1.28 bits per heavy atom. The van der Waals surface area contributed by atoms with Crippen LogP contribution in [0.4, 0.5) is 0 Å². The first-order chi connectivity index (χ1) is 27.5. The number of phosphoric ester groups is 1. The fourth-order valence-electron chi connectivity index (χ4n) is 7.34. The molecule has 1 amide bonds. The number of carbonyl (C=O) groups is 1. The van der Waals surface area contributed by atoms with Crippen LogP contribution in [0.25, 0.3) is 0 Å². The van der Waals surface area contributed by atoms with Crippen LogP contribution in [-0.2, 0) is 18.4 Å². The lowest BCUT2D eigenvalue weighted by molar-refractivity contribution is -0.870. The number of hydrogen-bond acceptors (Lipinski definition) is 6. The Bertz CT molecular complexity index is 942. The van der Waals surface area contributed by atoms with Crippen molar-refractivity contribution in [1.82, 2.24) is 5.32 Å². The largest absolute Gasteiger partial charge is 0.756 e. The number of hydrogen-bond donors (Lipinski definition) is 2. The van der Waals surface area contributed by atoms with Gasteiger partial charge in [-0.1, -0.05) is 231 Å². The summed E-state index contributed by atoms with van der Waals surface area (Å²) < 4.78 is 22.9. The molecule has 2 N–H and O–H groups in total. The Labute approximate surface area is 354 Å². The molecule has 3 atom stereocenters. The van der Waals surface area contributed by atoms with Crippen molar-refractivity contribution in [2.24, 2.45) is 0 Å². The average Bonchev–Trinajstić information content (AvgIpc) is 3.16. The highest BCUT2D eigenvalue weighted by molar-refractivity contribution is 7.45. The molecule has 0 aromatic carbocycles. The van der Waals surface area contributed by atoms with Gasteiger partial charge in [-0.15, -0.1) is 0 Å². The first-order valence-electron chi connectivity index (χ1n) is 24.6. The molecule has 0 aliphatic carbocycles. The summed E-state index contributed by atoms with van der Waals surface area (Å²) in [6.45, 7) is 4.45. The van der Waals surface area contributed by atoms with Gasteiger partial charge in [0, 0.05) is 6.42 Å². The number of likely N-dealkylation sites (N-methyl/N-ethyl adjacent to an activating group) is 1. The Hall–Kier alpha value is -0.760. The van der Waals surface area contributed by atoms with Crippen LogP contribution in [0.2, 0.25) is 0 Å². The Morgan fingerprint density at radius 2 is 0.947 bits per heavy atom. The lowest BCUT2D eigenvalue weighted by Gasteiger charge is -2.29. The lowest BCUT2D eigenvalue weighted by Crippen LogP contribution is -2.45. The predicted octanol–water partition coefficient (Wildman–Crippen LogP) is 13.3. The van der Waals surface area contributed by atoms with Crippen molar-refractivity contribution < 1.29 is 32.9 Å². The van der Waals surface area contributed by atoms with Crippen LogP contribution < -0.4 is 10.2 Å². The number of nitrogens with zero attached hydrogens (tertiary/aromatic N) is 1. The molecule has 0 rings (SSSR count). The van der Waals surface area contributed by atoms with Crippen LogP contribution in [0, 0.1) is 0 Å². The Morgan fingerprint density at radius 1 is 0.596 bits per heavy atom. The number of nitrogens with one attached hydrogen (secondary N) is 1. The fraction of sp³-hybridized carbons (Fsp3) is 0.938. The van der Waals surface area contributed by atoms with Gasteiger partial charge in [0.2, 0.25) is 5.91 Å². The van der Waals surface area contributed by atoms with Crippen molar-refractivity contribution in [3.05, 3.63) is 12.2 Å². The maximum atomic E-state index is 12.7. The minimum atomic E-state index is -4.56. The van der Waals surface area contributed by atoms with E-state index in [2.05, 4.69) is 12.2 Å². The van der Waals surface area contributed by atoms with Gasteiger partial charge in [-0.05, 0) is 12.8 Å². The van der Waals surface area contributed by atoms with Gasteiger partial charge in [0.05, 0.1) is 39.9 Å². The highest BCUT2D eigenvalue weighted by Crippen LogP contribution is 2.38. The quantitative estimate of drug-likeness (QED) is 0.0274. The van der Waals surface area contributed by atoms with E-state index in [-0.39, 0.29) is 19.1 Å². The number of aliphatic hydroxyl groups excluding tert-OH is 1. The number of phosphoric acid groups is 1. The highest BCUT2D eigenvalue weighted by Gasteiger charge is 2.23. The van der Waals surface area contributed by atoms with Gasteiger partial charge >= 0.3 is 0 Å². The zero-order chi connectivity index (χ0) is 42.1. The van der Waals surface area contributed by atoms with Crippen molar-refractivity contribution in [2.75, 3.05) is 40.9 Å². The van der Waals surface area contributed by atoms with E-state index in [0.29, 0.717) is 17.4 Å². The van der Waals surface area contributed by atoms with E-state index in [9.17, 15) is 19.4 Å². The predicted molar refractivity (Wildman–Crippen MR) is 242 cm³/mol. The van der Waals surface area contributed by atoms with Gasteiger partial charge < -0.3 is 28.8 Å². The summed E-state index contributed by atoms with van der Waals surface area (Å²) in [5.74, 6) is -0.205. The molecular weight excluding hydrogens is 732 g/mol. The van der Waals surface area contributed by atoms with Crippen molar-refractivity contribution >= 4 is 13.7 Å². The monoisotopic (exact) mass is 829 g/mol. The maximum absolute atomic E-state index is 12.7. The normalized spacial score (nSPS) is 14.3. The molecule has 0 saturated carbocycles. The molecular formula is C48H97N2O6P. The van der Waals surface area contributed by atoms with Crippen LogP contribution in [0.15, 0.2) is 12.2 Å². The van der Waals surface area contributed by atoms with Crippen molar-refractivity contribution in [2.45, 2.75) is 251 Å². The summed E-state index contributed by atoms with van der Waals surface area (Å²) in [7, 11) is 1.26. The van der Waals surface area contributed by atoms with Crippen LogP contribution >= 0.6 is 7.82 Å². The lowest BCUT2D eigenvalue weighted by atomic mass is 10.0. The van der Waals surface area contributed by atoms with Crippen LogP contribution in [0.1, 0.15) is 239 Å². The van der Waals surface area contributed by atoms with E-state index in [0.717, 1.165) is 32.1 Å². The highest BCUT2D eigenvalue weighted by atomic mass is 31.2. The van der Waals surface area contributed by atoms with Crippen LogP contribution in [0.3, 0.4) is 0 Å². The molecule has 3 unspecified atom stereocenters. The second-order valence-electron chi connectivity index (χ2n) is 18.2. The summed E-state index contributed by atoms with van der Waals surface area (Å²) in [4.78, 5) is 25.0. The van der Waals surface area contributed by atoms with E-state index in [1.807, 2.05) is 34.1 Å². The molecule has 0 aliphatic heterocycles. The summed E-state index contributed by atoms with van der Waals surface area (Å²) in [5, 5.41) is 13.4. The molecule has 57 heavy (non-hydrogen) atoms. The number of amides is 1. The minimum Gasteiger partial charge on any atom is -0.756 e. The molecule has 0 fully saturated rings. The fourth-order valence-corrected chi connectivity index (χ4v) is 8.06. The molecule has 8 nitrogen and oxygen atoms in total. The first-order valence-corrected chi connectivity index (χ1v) is 26.0. The van der Waals surface area contributed by atoms with Crippen molar-refractivity contribution in [3.63, 3.8) is 0 Å². The summed E-state index contributed by atoms with van der Waals surface area (Å²) in [6.07, 6.45) is 48.3. The van der Waals surface area contributed by atoms with Gasteiger partial charge in [-0.25, -0.2) is 0 Å². The minimum absolute atomic E-state index is 0.0000256. The van der Waals surface area contributed by atoms with Gasteiger partial charge in [0.1, 0.15) is 13.2 Å². The molecule has 0 aromatic rings. The van der Waals surface area contributed by atoms with E-state index in [1.54, 1.807) is 6.08 Å². The van der Waals surface area contributed by atoms with Crippen molar-refractivity contribution in [1.29, 1.82) is 0 Å². The molecule has 340 valence electrons. The topological polar surface area (TPSA) is 108 Å². The van der Waals surface area contributed by atoms with E-state index in [1.165, 1.54) is 186 Å². The first kappa shape index (κ1) is 56.2. The van der Waals surface area contributed by atoms with Crippen molar-refractivity contribution in [3.8, 4) is 0 Å². The Balaban J connectivity index is 3.66. The molecule has 0 heterocycles. The third-order valence-electron chi connectivity index (χ3n) is 11.2. The zero-order valence-electron chi connectivity index (χ0n) is 38.6. The SMILES string of the molecule is CCC/C=C/C(O)C(COP(=O)([O-])OCC[N+](C)(C)C)NC(=O)CCCCCCCCCCCCCCCCCCCCCCCCCCCCCCCCCC. The number of carbonyl (C=O) groups excluding carboxylic acids is 1. The number of unbranched alkanes of at least 4 members (excludes halogenated alkanes) is 32. The Kier molecular flexibility index (Phi) is 40.1. The second-order valence-corrected chi connectivity index (χ2v) is 19.6. The zero-order valence-corrected chi connectivity index (χ0v) is 39.5. The van der Waals surface area contributed by atoms with Gasteiger partial charge in [0.15, 0.2) is 0 Å². The van der Waals surface area contributed by atoms with E-state index >= 15 is 0 Å². The van der Waals surface area contributed by atoms with E-state index < -0.39 is 20.0 Å². The standard InChI is InChI=1S/C48H97N2O6P/c1-6-8-10-11-12-13-14-15-16-17-18-19-20-21-22-23-24-25-26-27-28-29-30-31-32-33-34-35-36-37-38-40-42-48(52)49-46(47(51)41-39-9-7-2)45-56-57(53,54)55-44-43-50(3,4)5/h39,41,46-47,51H,6-38,40,42-45H2,1-5H3,(H-,49,52,53,54)/b41-39+. The third kappa shape index (κ3) is 43.1. The molecule has 0 radical (unpaired) electrons. The number of allylic oxidation sites excluding steroid dienone is 1.